The summed E-state index contributed by atoms with van der Waals surface area (Å²) in [7, 11) is 0. The number of rotatable bonds is 3. The molecule has 0 aromatic heterocycles. The van der Waals surface area contributed by atoms with Crippen LogP contribution in [0.1, 0.15) is 33.1 Å². The van der Waals surface area contributed by atoms with Gasteiger partial charge in [-0.15, -0.1) is 12.3 Å². The van der Waals surface area contributed by atoms with Crippen LogP contribution in [0.4, 0.5) is 0 Å². The molecule has 1 nitrogen and oxygen atoms in total. The Morgan fingerprint density at radius 1 is 1.54 bits per heavy atom. The normalized spacial score (nSPS) is 24.6. The molecular formula is C12H21N. The molecule has 1 saturated heterocycles. The van der Waals surface area contributed by atoms with Gasteiger partial charge in [0.1, 0.15) is 0 Å². The van der Waals surface area contributed by atoms with Crippen LogP contribution in [-0.4, -0.2) is 24.5 Å². The van der Waals surface area contributed by atoms with Gasteiger partial charge in [0, 0.05) is 19.5 Å². The van der Waals surface area contributed by atoms with Crippen LogP contribution in [0.2, 0.25) is 0 Å². The highest BCUT2D eigenvalue weighted by molar-refractivity contribution is 4.86. The van der Waals surface area contributed by atoms with Crippen LogP contribution in [0.25, 0.3) is 0 Å². The standard InChI is InChI=1S/C12H21N/c1-4-5-8-13-9-6-7-12(10-13)11(2)3/h1,11-12H,5-10H2,2-3H3. The Labute approximate surface area is 82.5 Å². The molecular weight excluding hydrogens is 158 g/mol. The van der Waals surface area contributed by atoms with Crippen LogP contribution in [0.3, 0.4) is 0 Å². The highest BCUT2D eigenvalue weighted by Gasteiger charge is 2.21. The summed E-state index contributed by atoms with van der Waals surface area (Å²) in [6, 6.07) is 0. The van der Waals surface area contributed by atoms with Crippen LogP contribution in [0, 0.1) is 24.2 Å². The number of hydrogen-bond acceptors (Lipinski definition) is 1. The van der Waals surface area contributed by atoms with E-state index in [2.05, 4.69) is 24.7 Å². The van der Waals surface area contributed by atoms with E-state index in [9.17, 15) is 0 Å². The summed E-state index contributed by atoms with van der Waals surface area (Å²) in [5, 5.41) is 0. The molecule has 1 heterocycles. The second-order valence-corrected chi connectivity index (χ2v) is 4.40. The van der Waals surface area contributed by atoms with Crippen molar-refractivity contribution in [3.8, 4) is 12.3 Å². The molecule has 1 unspecified atom stereocenters. The third kappa shape index (κ3) is 3.40. The quantitative estimate of drug-likeness (QED) is 0.601. The fourth-order valence-electron chi connectivity index (χ4n) is 2.06. The smallest absolute Gasteiger partial charge is 0.0214 e. The summed E-state index contributed by atoms with van der Waals surface area (Å²) >= 11 is 0. The molecule has 0 bridgehead atoms. The summed E-state index contributed by atoms with van der Waals surface area (Å²) in [5.74, 6) is 4.44. The van der Waals surface area contributed by atoms with Gasteiger partial charge in [-0.25, -0.2) is 0 Å². The molecule has 0 aromatic rings. The molecule has 1 aliphatic heterocycles. The maximum Gasteiger partial charge on any atom is 0.0214 e. The predicted molar refractivity (Wildman–Crippen MR) is 57.5 cm³/mol. The number of likely N-dealkylation sites (tertiary alicyclic amines) is 1. The lowest BCUT2D eigenvalue weighted by Crippen LogP contribution is -2.37. The van der Waals surface area contributed by atoms with Crippen molar-refractivity contribution in [2.45, 2.75) is 33.1 Å². The third-order valence-electron chi connectivity index (χ3n) is 3.06. The third-order valence-corrected chi connectivity index (χ3v) is 3.06. The summed E-state index contributed by atoms with van der Waals surface area (Å²) in [6.45, 7) is 8.27. The Kier molecular flexibility index (Phi) is 4.32. The molecule has 0 aromatic carbocycles. The molecule has 0 N–H and O–H groups in total. The van der Waals surface area contributed by atoms with Gasteiger partial charge in [0.05, 0.1) is 0 Å². The van der Waals surface area contributed by atoms with Crippen molar-refractivity contribution in [3.63, 3.8) is 0 Å². The van der Waals surface area contributed by atoms with Crippen molar-refractivity contribution in [1.82, 2.24) is 4.90 Å². The van der Waals surface area contributed by atoms with E-state index in [0.29, 0.717) is 0 Å². The van der Waals surface area contributed by atoms with E-state index in [-0.39, 0.29) is 0 Å². The zero-order valence-electron chi connectivity index (χ0n) is 8.92. The molecule has 13 heavy (non-hydrogen) atoms. The van der Waals surface area contributed by atoms with Gasteiger partial charge in [0.25, 0.3) is 0 Å². The van der Waals surface area contributed by atoms with Crippen LogP contribution in [0.15, 0.2) is 0 Å². The lowest BCUT2D eigenvalue weighted by molar-refractivity contribution is 0.148. The summed E-state index contributed by atoms with van der Waals surface area (Å²) < 4.78 is 0. The molecule has 0 spiro atoms. The van der Waals surface area contributed by atoms with Gasteiger partial charge in [-0.2, -0.15) is 0 Å². The molecule has 0 amide bonds. The van der Waals surface area contributed by atoms with Gasteiger partial charge >= 0.3 is 0 Å². The highest BCUT2D eigenvalue weighted by Crippen LogP contribution is 2.23. The van der Waals surface area contributed by atoms with Crippen LogP contribution in [-0.2, 0) is 0 Å². The van der Waals surface area contributed by atoms with Gasteiger partial charge in [0.15, 0.2) is 0 Å². The Balaban J connectivity index is 2.29. The van der Waals surface area contributed by atoms with E-state index in [1.807, 2.05) is 0 Å². The predicted octanol–water partition coefficient (Wildman–Crippen LogP) is 2.38. The van der Waals surface area contributed by atoms with Crippen molar-refractivity contribution in [2.24, 2.45) is 11.8 Å². The average Bonchev–Trinajstić information content (AvgIpc) is 2.15. The minimum Gasteiger partial charge on any atom is -0.302 e. The zero-order valence-corrected chi connectivity index (χ0v) is 8.92. The minimum atomic E-state index is 0.827. The van der Waals surface area contributed by atoms with Gasteiger partial charge in [0.2, 0.25) is 0 Å². The molecule has 0 aliphatic carbocycles. The minimum absolute atomic E-state index is 0.827. The van der Waals surface area contributed by atoms with Gasteiger partial charge in [-0.05, 0) is 31.2 Å². The fraction of sp³-hybridized carbons (Fsp3) is 0.833. The van der Waals surface area contributed by atoms with Crippen molar-refractivity contribution in [2.75, 3.05) is 19.6 Å². The van der Waals surface area contributed by atoms with Gasteiger partial charge in [-0.1, -0.05) is 13.8 Å². The SMILES string of the molecule is C#CCCN1CCCC(C(C)C)C1. The molecule has 1 aliphatic rings. The maximum absolute atomic E-state index is 5.26. The van der Waals surface area contributed by atoms with E-state index in [1.54, 1.807) is 0 Å². The number of piperidine rings is 1. The van der Waals surface area contributed by atoms with E-state index >= 15 is 0 Å². The summed E-state index contributed by atoms with van der Waals surface area (Å²) in [4.78, 5) is 2.52. The molecule has 1 rings (SSSR count). The first-order valence-electron chi connectivity index (χ1n) is 5.40. The van der Waals surface area contributed by atoms with E-state index in [0.717, 1.165) is 24.8 Å². The molecule has 0 saturated carbocycles. The van der Waals surface area contributed by atoms with Crippen molar-refractivity contribution in [3.05, 3.63) is 0 Å². The largest absolute Gasteiger partial charge is 0.302 e. The molecule has 74 valence electrons. The number of hydrogen-bond donors (Lipinski definition) is 0. The van der Waals surface area contributed by atoms with Crippen molar-refractivity contribution in [1.29, 1.82) is 0 Å². The molecule has 1 fully saturated rings. The number of nitrogens with zero attached hydrogens (tertiary/aromatic N) is 1. The second kappa shape index (κ2) is 5.29. The zero-order chi connectivity index (χ0) is 9.68. The van der Waals surface area contributed by atoms with Crippen LogP contribution < -0.4 is 0 Å². The van der Waals surface area contributed by atoms with E-state index in [1.165, 1.54) is 25.9 Å². The summed E-state index contributed by atoms with van der Waals surface area (Å²) in [6.07, 6.45) is 8.93. The second-order valence-electron chi connectivity index (χ2n) is 4.40. The Morgan fingerprint density at radius 2 is 2.31 bits per heavy atom. The van der Waals surface area contributed by atoms with Crippen LogP contribution >= 0.6 is 0 Å². The van der Waals surface area contributed by atoms with E-state index < -0.39 is 0 Å². The maximum atomic E-state index is 5.26. The first-order chi connectivity index (χ1) is 6.24. The van der Waals surface area contributed by atoms with Gasteiger partial charge < -0.3 is 4.90 Å². The van der Waals surface area contributed by atoms with Crippen molar-refractivity contribution >= 4 is 0 Å². The molecule has 1 atom stereocenters. The van der Waals surface area contributed by atoms with Crippen molar-refractivity contribution < 1.29 is 0 Å². The lowest BCUT2D eigenvalue weighted by Gasteiger charge is -2.34. The van der Waals surface area contributed by atoms with Crippen LogP contribution in [0.5, 0.6) is 0 Å². The Morgan fingerprint density at radius 3 is 2.92 bits per heavy atom. The lowest BCUT2D eigenvalue weighted by atomic mass is 9.88. The molecule has 0 radical (unpaired) electrons. The first-order valence-corrected chi connectivity index (χ1v) is 5.40. The Hall–Kier alpha value is -0.480. The fourth-order valence-corrected chi connectivity index (χ4v) is 2.06. The monoisotopic (exact) mass is 179 g/mol. The molecule has 1 heteroatoms. The van der Waals surface area contributed by atoms with Gasteiger partial charge in [-0.3, -0.25) is 0 Å². The average molecular weight is 179 g/mol. The van der Waals surface area contributed by atoms with E-state index in [4.69, 9.17) is 6.42 Å². The summed E-state index contributed by atoms with van der Waals surface area (Å²) in [5.41, 5.74) is 0. The first kappa shape index (κ1) is 10.6. The Bertz CT molecular complexity index is 178. The topological polar surface area (TPSA) is 3.24 Å². The number of terminal acetylenes is 1. The highest BCUT2D eigenvalue weighted by atomic mass is 15.1.